The van der Waals surface area contributed by atoms with Gasteiger partial charge in [0.1, 0.15) is 18.3 Å². The lowest BCUT2D eigenvalue weighted by Crippen LogP contribution is -2.49. The first-order valence-corrected chi connectivity index (χ1v) is 8.95. The Morgan fingerprint density at radius 3 is 2.81 bits per heavy atom. The fourth-order valence-electron chi connectivity index (χ4n) is 3.60. The van der Waals surface area contributed by atoms with Crippen LogP contribution in [0.15, 0.2) is 12.7 Å². The van der Waals surface area contributed by atoms with Gasteiger partial charge in [-0.25, -0.2) is 15.0 Å². The second-order valence-corrected chi connectivity index (χ2v) is 6.97. The van der Waals surface area contributed by atoms with E-state index >= 15 is 0 Å². The molecule has 1 atom stereocenters. The molecule has 2 aromatic rings. The molecular weight excluding hydrogens is 350 g/mol. The van der Waals surface area contributed by atoms with E-state index in [4.69, 9.17) is 10.00 Å². The highest BCUT2D eigenvalue weighted by Gasteiger charge is 2.33. The summed E-state index contributed by atoms with van der Waals surface area (Å²) in [6.07, 6.45) is 3.67. The van der Waals surface area contributed by atoms with Crippen molar-refractivity contribution in [2.24, 2.45) is 0 Å². The number of aliphatic hydroxyl groups is 1. The summed E-state index contributed by atoms with van der Waals surface area (Å²) >= 11 is 0. The summed E-state index contributed by atoms with van der Waals surface area (Å²) in [5, 5.41) is 19.3. The fraction of sp³-hybridized carbons (Fsp3) is 0.588. The molecule has 0 aliphatic carbocycles. The normalized spacial score (nSPS) is 23.0. The molecule has 1 unspecified atom stereocenters. The average Bonchev–Trinajstić information content (AvgIpc) is 3.29. The number of amides is 1. The van der Waals surface area contributed by atoms with Crippen molar-refractivity contribution in [1.82, 2.24) is 24.4 Å². The zero-order valence-corrected chi connectivity index (χ0v) is 14.9. The average molecular weight is 371 g/mol. The second kappa shape index (κ2) is 7.09. The van der Waals surface area contributed by atoms with Gasteiger partial charge in [-0.1, -0.05) is 0 Å². The van der Waals surface area contributed by atoms with Gasteiger partial charge in [0, 0.05) is 39.2 Å². The minimum Gasteiger partial charge on any atom is -0.386 e. The van der Waals surface area contributed by atoms with E-state index in [1.54, 1.807) is 11.2 Å². The van der Waals surface area contributed by atoms with Crippen molar-refractivity contribution in [3.05, 3.63) is 12.7 Å². The highest BCUT2D eigenvalue weighted by molar-refractivity contribution is 5.84. The fourth-order valence-corrected chi connectivity index (χ4v) is 3.60. The van der Waals surface area contributed by atoms with Gasteiger partial charge in [-0.3, -0.25) is 4.79 Å². The van der Waals surface area contributed by atoms with E-state index in [9.17, 15) is 9.90 Å². The zero-order valence-electron chi connectivity index (χ0n) is 14.9. The maximum absolute atomic E-state index is 11.9. The molecule has 0 bridgehead atoms. The van der Waals surface area contributed by atoms with Crippen molar-refractivity contribution in [2.75, 3.05) is 44.3 Å². The van der Waals surface area contributed by atoms with Crippen molar-refractivity contribution in [3.8, 4) is 6.07 Å². The minimum atomic E-state index is -0.897. The van der Waals surface area contributed by atoms with Crippen LogP contribution in [-0.4, -0.2) is 80.4 Å². The number of anilines is 1. The number of piperazine rings is 1. The van der Waals surface area contributed by atoms with Gasteiger partial charge >= 0.3 is 0 Å². The summed E-state index contributed by atoms with van der Waals surface area (Å²) in [6, 6.07) is 1.90. The van der Waals surface area contributed by atoms with Gasteiger partial charge < -0.3 is 24.2 Å². The standard InChI is InChI=1S/C17H21N7O3/c18-3-1-13(25)22-4-6-23(7-5-22)15-14-16(20-11-19-15)24(12-21-14)9-17(26)2-8-27-10-17/h11-12,26H,1-2,4-10H2. The van der Waals surface area contributed by atoms with Crippen LogP contribution in [0.5, 0.6) is 0 Å². The van der Waals surface area contributed by atoms with Gasteiger partial charge in [-0.05, 0) is 0 Å². The summed E-state index contributed by atoms with van der Waals surface area (Å²) in [6.45, 7) is 3.56. The van der Waals surface area contributed by atoms with Gasteiger partial charge in [-0.15, -0.1) is 0 Å². The lowest BCUT2D eigenvalue weighted by Gasteiger charge is -2.35. The Labute approximate surface area is 156 Å². The molecule has 0 saturated carbocycles. The number of nitriles is 1. The highest BCUT2D eigenvalue weighted by Crippen LogP contribution is 2.26. The van der Waals surface area contributed by atoms with E-state index in [1.807, 2.05) is 10.6 Å². The van der Waals surface area contributed by atoms with Gasteiger partial charge in [0.2, 0.25) is 5.91 Å². The molecule has 0 spiro atoms. The van der Waals surface area contributed by atoms with E-state index in [1.165, 1.54) is 6.33 Å². The minimum absolute atomic E-state index is 0.0885. The van der Waals surface area contributed by atoms with Crippen LogP contribution in [0, 0.1) is 11.3 Å². The zero-order chi connectivity index (χ0) is 18.9. The van der Waals surface area contributed by atoms with Crippen LogP contribution in [0.3, 0.4) is 0 Å². The molecule has 2 aromatic heterocycles. The van der Waals surface area contributed by atoms with Crippen molar-refractivity contribution in [2.45, 2.75) is 25.0 Å². The smallest absolute Gasteiger partial charge is 0.236 e. The summed E-state index contributed by atoms with van der Waals surface area (Å²) in [5.74, 6) is 0.585. The Hall–Kier alpha value is -2.77. The Morgan fingerprint density at radius 1 is 1.30 bits per heavy atom. The van der Waals surface area contributed by atoms with E-state index in [2.05, 4.69) is 19.9 Å². The highest BCUT2D eigenvalue weighted by atomic mass is 16.5. The Kier molecular flexibility index (Phi) is 4.63. The lowest BCUT2D eigenvalue weighted by molar-refractivity contribution is -0.130. The Bertz CT molecular complexity index is 876. The van der Waals surface area contributed by atoms with Gasteiger partial charge in [0.15, 0.2) is 17.0 Å². The van der Waals surface area contributed by atoms with Crippen LogP contribution in [0.4, 0.5) is 5.82 Å². The second-order valence-electron chi connectivity index (χ2n) is 6.97. The molecule has 4 rings (SSSR count). The van der Waals surface area contributed by atoms with Crippen LogP contribution in [-0.2, 0) is 16.1 Å². The molecular formula is C17H21N7O3. The number of carbonyl (C=O) groups excluding carboxylic acids is 1. The SMILES string of the molecule is N#CCC(=O)N1CCN(c2ncnc3c2ncn3CC2(O)CCOC2)CC1. The maximum atomic E-state index is 11.9. The quantitative estimate of drug-likeness (QED) is 0.766. The molecule has 0 aromatic carbocycles. The molecule has 1 amide bonds. The van der Waals surface area contributed by atoms with Gasteiger partial charge in [0.05, 0.1) is 25.5 Å². The van der Waals surface area contributed by atoms with Crippen molar-refractivity contribution >= 4 is 22.9 Å². The lowest BCUT2D eigenvalue weighted by atomic mass is 10.0. The van der Waals surface area contributed by atoms with Gasteiger partial charge in [-0.2, -0.15) is 5.26 Å². The monoisotopic (exact) mass is 371 g/mol. The molecule has 10 nitrogen and oxygen atoms in total. The predicted octanol–water partition coefficient (Wildman–Crippen LogP) is -0.460. The van der Waals surface area contributed by atoms with Crippen molar-refractivity contribution in [1.29, 1.82) is 5.26 Å². The summed E-state index contributed by atoms with van der Waals surface area (Å²) in [7, 11) is 0. The van der Waals surface area contributed by atoms with Gasteiger partial charge in [0.25, 0.3) is 0 Å². The number of aromatic nitrogens is 4. The third-order valence-corrected chi connectivity index (χ3v) is 5.09. The predicted molar refractivity (Wildman–Crippen MR) is 94.7 cm³/mol. The Morgan fingerprint density at radius 2 is 2.11 bits per heavy atom. The number of ether oxygens (including phenoxy) is 1. The third kappa shape index (κ3) is 3.43. The van der Waals surface area contributed by atoms with Crippen molar-refractivity contribution in [3.63, 3.8) is 0 Å². The topological polar surface area (TPSA) is 120 Å². The van der Waals surface area contributed by atoms with Crippen LogP contribution in [0.25, 0.3) is 11.2 Å². The largest absolute Gasteiger partial charge is 0.386 e. The first-order valence-electron chi connectivity index (χ1n) is 8.95. The number of fused-ring (bicyclic) bond motifs is 1. The molecule has 142 valence electrons. The Balaban J connectivity index is 1.52. The first kappa shape index (κ1) is 17.6. The third-order valence-electron chi connectivity index (χ3n) is 5.09. The summed E-state index contributed by atoms with van der Waals surface area (Å²) in [5.41, 5.74) is 0.450. The van der Waals surface area contributed by atoms with E-state index < -0.39 is 5.60 Å². The molecule has 1 N–H and O–H groups in total. The molecule has 27 heavy (non-hydrogen) atoms. The number of hydrogen-bond acceptors (Lipinski definition) is 8. The number of carbonyl (C=O) groups is 1. The molecule has 10 heteroatoms. The number of imidazole rings is 1. The summed E-state index contributed by atoms with van der Waals surface area (Å²) in [4.78, 5) is 28.9. The molecule has 0 radical (unpaired) electrons. The molecule has 2 saturated heterocycles. The molecule has 4 heterocycles. The van der Waals surface area contributed by atoms with Crippen LogP contribution in [0.2, 0.25) is 0 Å². The number of nitrogens with zero attached hydrogens (tertiary/aromatic N) is 7. The molecule has 2 fully saturated rings. The first-order chi connectivity index (χ1) is 13.1. The number of rotatable bonds is 4. The van der Waals surface area contributed by atoms with Crippen molar-refractivity contribution < 1.29 is 14.6 Å². The van der Waals surface area contributed by atoms with E-state index in [0.29, 0.717) is 63.5 Å². The molecule has 2 aliphatic rings. The van der Waals surface area contributed by atoms with Crippen LogP contribution in [0.1, 0.15) is 12.8 Å². The van der Waals surface area contributed by atoms with Crippen LogP contribution >= 0.6 is 0 Å². The van der Waals surface area contributed by atoms with Crippen LogP contribution < -0.4 is 4.90 Å². The van der Waals surface area contributed by atoms with E-state index in [0.717, 1.165) is 5.82 Å². The summed E-state index contributed by atoms with van der Waals surface area (Å²) < 4.78 is 7.14. The van der Waals surface area contributed by atoms with E-state index in [-0.39, 0.29) is 12.3 Å². The molecule has 2 aliphatic heterocycles. The maximum Gasteiger partial charge on any atom is 0.236 e. The number of hydrogen-bond donors (Lipinski definition) is 1.